The predicted octanol–water partition coefficient (Wildman–Crippen LogP) is 15.7. The fourth-order valence-corrected chi connectivity index (χ4v) is 7.75. The largest absolute Gasteiger partial charge is 0.472 e. The maximum absolute atomic E-state index is 12.7. The first kappa shape index (κ1) is 59.2. The van der Waals surface area contributed by atoms with Gasteiger partial charge in [-0.3, -0.25) is 13.8 Å². The number of carbonyl (C=O) groups excluding carboxylic acids is 1. The van der Waals surface area contributed by atoms with Crippen LogP contribution in [0.25, 0.3) is 0 Å². The number of allylic oxidation sites excluding steroid dienone is 10. The molecule has 0 aromatic carbocycles. The summed E-state index contributed by atoms with van der Waals surface area (Å²) in [5, 5.41) is 0. The van der Waals surface area contributed by atoms with Crippen LogP contribution in [0.5, 0.6) is 0 Å². The van der Waals surface area contributed by atoms with E-state index in [1.807, 2.05) is 0 Å². The van der Waals surface area contributed by atoms with Gasteiger partial charge in [0, 0.05) is 19.6 Å². The van der Waals surface area contributed by atoms with Gasteiger partial charge in [0.1, 0.15) is 6.10 Å². The summed E-state index contributed by atoms with van der Waals surface area (Å²) in [5.41, 5.74) is 5.39. The zero-order valence-electron chi connectivity index (χ0n) is 39.6. The van der Waals surface area contributed by atoms with E-state index in [2.05, 4.69) is 74.6 Å². The van der Waals surface area contributed by atoms with Crippen LogP contribution >= 0.6 is 7.82 Å². The average Bonchev–Trinajstić information content (AvgIpc) is 3.25. The third-order valence-electron chi connectivity index (χ3n) is 10.7. The van der Waals surface area contributed by atoms with Crippen LogP contribution in [0.3, 0.4) is 0 Å². The number of phosphoric acid groups is 1. The molecule has 0 fully saturated rings. The molecule has 0 aliphatic rings. The Kier molecular flexibility index (Phi) is 47.8. The van der Waals surface area contributed by atoms with Crippen molar-refractivity contribution in [2.24, 2.45) is 5.73 Å². The summed E-state index contributed by atoms with van der Waals surface area (Å²) >= 11 is 0. The van der Waals surface area contributed by atoms with Gasteiger partial charge in [0.25, 0.3) is 0 Å². The number of unbranched alkanes of at least 4 members (excludes halogenated alkanes) is 25. The van der Waals surface area contributed by atoms with E-state index in [4.69, 9.17) is 24.3 Å². The second kappa shape index (κ2) is 49.2. The monoisotopic (exact) mass is 878 g/mol. The molecule has 3 N–H and O–H groups in total. The van der Waals surface area contributed by atoms with E-state index in [0.717, 1.165) is 57.8 Å². The van der Waals surface area contributed by atoms with Crippen molar-refractivity contribution in [1.82, 2.24) is 0 Å². The molecule has 0 saturated carbocycles. The van der Waals surface area contributed by atoms with Gasteiger partial charge in [-0.25, -0.2) is 4.57 Å². The molecule has 0 aliphatic carbocycles. The zero-order chi connectivity index (χ0) is 44.4. The van der Waals surface area contributed by atoms with Gasteiger partial charge in [-0.2, -0.15) is 0 Å². The maximum atomic E-state index is 12.7. The molecule has 2 atom stereocenters. The van der Waals surface area contributed by atoms with Gasteiger partial charge in [-0.1, -0.05) is 203 Å². The molecule has 0 spiro atoms. The second-order valence-electron chi connectivity index (χ2n) is 16.6. The molecule has 2 unspecified atom stereocenters. The Balaban J connectivity index is 3.96. The highest BCUT2D eigenvalue weighted by molar-refractivity contribution is 7.47. The Labute approximate surface area is 376 Å². The fraction of sp³-hybridized carbons (Fsp3) is 0.788. The maximum Gasteiger partial charge on any atom is 0.472 e. The molecule has 0 bridgehead atoms. The topological polar surface area (TPSA) is 117 Å². The van der Waals surface area contributed by atoms with Crippen molar-refractivity contribution in [1.29, 1.82) is 0 Å². The number of carbonyl (C=O) groups is 1. The van der Waals surface area contributed by atoms with Gasteiger partial charge < -0.3 is 20.1 Å². The first-order chi connectivity index (χ1) is 29.9. The molecule has 0 amide bonds. The Morgan fingerprint density at radius 3 is 1.39 bits per heavy atom. The Morgan fingerprint density at radius 1 is 0.508 bits per heavy atom. The summed E-state index contributed by atoms with van der Waals surface area (Å²) in [4.78, 5) is 22.6. The highest BCUT2D eigenvalue weighted by Gasteiger charge is 2.25. The molecule has 0 aromatic heterocycles. The lowest BCUT2D eigenvalue weighted by atomic mass is 10.0. The number of ether oxygens (including phenoxy) is 2. The van der Waals surface area contributed by atoms with Crippen LogP contribution in [0.15, 0.2) is 60.8 Å². The number of hydrogen-bond donors (Lipinski definition) is 2. The molecule has 0 aliphatic heterocycles. The normalized spacial score (nSPS) is 13.8. The van der Waals surface area contributed by atoms with Gasteiger partial charge in [0.2, 0.25) is 0 Å². The lowest BCUT2D eigenvalue weighted by Gasteiger charge is -2.20. The summed E-state index contributed by atoms with van der Waals surface area (Å²) in [6, 6.07) is 0. The van der Waals surface area contributed by atoms with Gasteiger partial charge in [0.15, 0.2) is 0 Å². The lowest BCUT2D eigenvalue weighted by Crippen LogP contribution is -2.28. The smallest absolute Gasteiger partial charge is 0.457 e. The van der Waals surface area contributed by atoms with E-state index in [-0.39, 0.29) is 32.3 Å². The summed E-state index contributed by atoms with van der Waals surface area (Å²) < 4.78 is 33.6. The number of rotatable bonds is 48. The van der Waals surface area contributed by atoms with E-state index < -0.39 is 13.9 Å². The Morgan fingerprint density at radius 2 is 0.918 bits per heavy atom. The molecule has 0 aromatic rings. The average molecular weight is 878 g/mol. The standard InChI is InChI=1S/C52H96NO7P/c1-3-5-7-9-11-13-15-17-19-21-23-24-25-26-27-29-31-33-35-37-39-41-43-45-52(54)60-51(50-59-61(55,56)58-48-46-53)49-57-47-44-42-40-38-36-34-32-30-28-22-20-18-16-14-12-10-8-6-4-2/h5,7,11,13,17,19-20,22-24,51H,3-4,6,8-10,12,14-16,18,21,25-50,53H2,1-2H3,(H,55,56)/b7-5-,13-11-,19-17-,22-20-,24-23-. The zero-order valence-corrected chi connectivity index (χ0v) is 40.5. The molecule has 356 valence electrons. The molecule has 0 saturated heterocycles. The van der Waals surface area contributed by atoms with E-state index in [0.29, 0.717) is 13.0 Å². The molecule has 9 heteroatoms. The first-order valence-corrected chi connectivity index (χ1v) is 26.8. The first-order valence-electron chi connectivity index (χ1n) is 25.3. The molecule has 0 radical (unpaired) electrons. The highest BCUT2D eigenvalue weighted by atomic mass is 31.2. The van der Waals surface area contributed by atoms with Crippen LogP contribution < -0.4 is 5.73 Å². The second-order valence-corrected chi connectivity index (χ2v) is 18.1. The highest BCUT2D eigenvalue weighted by Crippen LogP contribution is 2.43. The van der Waals surface area contributed by atoms with Crippen molar-refractivity contribution >= 4 is 13.8 Å². The summed E-state index contributed by atoms with van der Waals surface area (Å²) in [7, 11) is -4.29. The molecule has 0 heterocycles. The fourth-order valence-electron chi connectivity index (χ4n) is 6.98. The van der Waals surface area contributed by atoms with E-state index >= 15 is 0 Å². The van der Waals surface area contributed by atoms with Crippen molar-refractivity contribution in [3.63, 3.8) is 0 Å². The van der Waals surface area contributed by atoms with E-state index in [1.165, 1.54) is 148 Å². The van der Waals surface area contributed by atoms with Gasteiger partial charge >= 0.3 is 13.8 Å². The third kappa shape index (κ3) is 49.1. The molecule has 8 nitrogen and oxygen atoms in total. The molecular formula is C52H96NO7P. The summed E-state index contributed by atoms with van der Waals surface area (Å²) in [6.07, 6.45) is 61.0. The number of phosphoric ester groups is 1. The third-order valence-corrected chi connectivity index (χ3v) is 11.7. The SMILES string of the molecule is CC/C=C\C/C=C\C/C=C\C/C=C\CCCCCCCCCCCCC(=O)OC(COCCCCCCCCCC/C=C\CCCCCCCCC)COP(=O)(O)OCCN. The summed E-state index contributed by atoms with van der Waals surface area (Å²) in [5.74, 6) is -0.336. The molecular weight excluding hydrogens is 782 g/mol. The van der Waals surface area contributed by atoms with Crippen LogP contribution in [-0.2, 0) is 27.9 Å². The number of esters is 1. The van der Waals surface area contributed by atoms with Crippen molar-refractivity contribution in [3.05, 3.63) is 60.8 Å². The van der Waals surface area contributed by atoms with Crippen LogP contribution in [0.1, 0.15) is 226 Å². The van der Waals surface area contributed by atoms with Gasteiger partial charge in [-0.15, -0.1) is 0 Å². The molecule has 61 heavy (non-hydrogen) atoms. The van der Waals surface area contributed by atoms with Crippen molar-refractivity contribution in [2.75, 3.05) is 33.0 Å². The Hall–Kier alpha value is -1.80. The van der Waals surface area contributed by atoms with Crippen molar-refractivity contribution in [3.8, 4) is 0 Å². The van der Waals surface area contributed by atoms with Crippen LogP contribution in [0.2, 0.25) is 0 Å². The Bertz CT molecular complexity index is 1120. The quantitative estimate of drug-likeness (QED) is 0.0269. The minimum atomic E-state index is -4.29. The number of hydrogen-bond acceptors (Lipinski definition) is 7. The van der Waals surface area contributed by atoms with Crippen LogP contribution in [0.4, 0.5) is 0 Å². The van der Waals surface area contributed by atoms with Gasteiger partial charge in [-0.05, 0) is 77.0 Å². The van der Waals surface area contributed by atoms with Crippen molar-refractivity contribution < 1.29 is 32.8 Å². The van der Waals surface area contributed by atoms with E-state index in [1.54, 1.807) is 0 Å². The minimum Gasteiger partial charge on any atom is -0.457 e. The van der Waals surface area contributed by atoms with Crippen LogP contribution in [-0.4, -0.2) is 49.9 Å². The molecule has 0 rings (SSSR count). The minimum absolute atomic E-state index is 0.0975. The van der Waals surface area contributed by atoms with Crippen LogP contribution in [0, 0.1) is 0 Å². The van der Waals surface area contributed by atoms with Gasteiger partial charge in [0.05, 0.1) is 19.8 Å². The van der Waals surface area contributed by atoms with Crippen molar-refractivity contribution in [2.45, 2.75) is 232 Å². The van der Waals surface area contributed by atoms with E-state index in [9.17, 15) is 14.3 Å². The number of nitrogens with two attached hydrogens (primary N) is 1. The summed E-state index contributed by atoms with van der Waals surface area (Å²) in [6.45, 7) is 4.82. The predicted molar refractivity (Wildman–Crippen MR) is 261 cm³/mol. The lowest BCUT2D eigenvalue weighted by molar-refractivity contribution is -0.154.